The topological polar surface area (TPSA) is 143 Å². The molecule has 1 saturated heterocycles. The molecule has 10 nitrogen and oxygen atoms in total. The van der Waals surface area contributed by atoms with Crippen LogP contribution in [0.3, 0.4) is 0 Å². The molecule has 3 rings (SSSR count). The van der Waals surface area contributed by atoms with Gasteiger partial charge in [-0.3, -0.25) is 19.1 Å². The van der Waals surface area contributed by atoms with Crippen LogP contribution in [0.25, 0.3) is 10.9 Å². The predicted molar refractivity (Wildman–Crippen MR) is 116 cm³/mol. The summed E-state index contributed by atoms with van der Waals surface area (Å²) in [7, 11) is 0. The van der Waals surface area contributed by atoms with E-state index < -0.39 is 36.0 Å². The van der Waals surface area contributed by atoms with Gasteiger partial charge in [0.15, 0.2) is 5.69 Å². The van der Waals surface area contributed by atoms with Gasteiger partial charge in [-0.05, 0) is 17.9 Å². The Balaban J connectivity index is 1.83. The number of nitrogens with one attached hydrogen (secondary N) is 2. The minimum atomic E-state index is -1.08. The smallest absolute Gasteiger partial charge is 0.306 e. The first-order valence-corrected chi connectivity index (χ1v) is 10.6. The third-order valence-corrected chi connectivity index (χ3v) is 5.34. The summed E-state index contributed by atoms with van der Waals surface area (Å²) < 4.78 is 6.94. The largest absolute Gasteiger partial charge is 0.460 e. The van der Waals surface area contributed by atoms with E-state index in [0.29, 0.717) is 24.8 Å². The van der Waals surface area contributed by atoms with E-state index in [2.05, 4.69) is 15.7 Å². The van der Waals surface area contributed by atoms with E-state index in [-0.39, 0.29) is 24.3 Å². The average Bonchev–Trinajstić information content (AvgIpc) is 3.32. The zero-order valence-electron chi connectivity index (χ0n) is 18.5. The maximum Gasteiger partial charge on any atom is 0.306 e. The Morgan fingerprint density at radius 2 is 2.03 bits per heavy atom. The number of hydrogen-bond donors (Lipinski definition) is 4. The van der Waals surface area contributed by atoms with Crippen LogP contribution >= 0.6 is 0 Å². The first kappa shape index (κ1) is 23.7. The Morgan fingerprint density at radius 3 is 2.66 bits per heavy atom. The normalized spacial score (nSPS) is 18.3. The number of nitrogens with zero attached hydrogens (tertiary/aromatic N) is 2. The van der Waals surface area contributed by atoms with Gasteiger partial charge in [-0.15, -0.1) is 0 Å². The first-order valence-electron chi connectivity index (χ1n) is 10.6. The van der Waals surface area contributed by atoms with Gasteiger partial charge in [0.25, 0.3) is 5.91 Å². The molecule has 0 aliphatic carbocycles. The van der Waals surface area contributed by atoms with E-state index in [1.165, 1.54) is 0 Å². The zero-order valence-corrected chi connectivity index (χ0v) is 18.5. The molecule has 1 aromatic carbocycles. The van der Waals surface area contributed by atoms with Crippen molar-refractivity contribution >= 4 is 28.7 Å². The lowest BCUT2D eigenvalue weighted by Gasteiger charge is -2.30. The Kier molecular flexibility index (Phi) is 7.15. The second kappa shape index (κ2) is 9.66. The number of aromatic nitrogens is 2. The fourth-order valence-electron chi connectivity index (χ4n) is 3.60. The second-order valence-corrected chi connectivity index (χ2v) is 9.05. The predicted octanol–water partition coefficient (Wildman–Crippen LogP) is 0.356. The second-order valence-electron chi connectivity index (χ2n) is 9.05. The van der Waals surface area contributed by atoms with Crippen molar-refractivity contribution in [2.24, 2.45) is 5.41 Å². The lowest BCUT2D eigenvalue weighted by atomic mass is 9.86. The number of benzene rings is 1. The van der Waals surface area contributed by atoms with Crippen molar-refractivity contribution < 1.29 is 29.3 Å². The van der Waals surface area contributed by atoms with Gasteiger partial charge in [0, 0.05) is 18.4 Å². The molecule has 2 heterocycles. The average molecular weight is 447 g/mol. The van der Waals surface area contributed by atoms with Crippen molar-refractivity contribution in [3.8, 4) is 0 Å². The molecule has 32 heavy (non-hydrogen) atoms. The van der Waals surface area contributed by atoms with Gasteiger partial charge in [-0.1, -0.05) is 39.0 Å². The van der Waals surface area contributed by atoms with Crippen molar-refractivity contribution in [3.05, 3.63) is 30.0 Å². The molecule has 2 amide bonds. The maximum absolute atomic E-state index is 13.2. The molecule has 1 fully saturated rings. The number of carbonyl (C=O) groups is 3. The minimum Gasteiger partial charge on any atom is -0.460 e. The van der Waals surface area contributed by atoms with E-state index in [9.17, 15) is 19.5 Å². The Labute approximate surface area is 185 Å². The molecular formula is C22H30N4O6. The fraction of sp³-hybridized carbons (Fsp3) is 0.545. The first-order chi connectivity index (χ1) is 15.1. The van der Waals surface area contributed by atoms with Gasteiger partial charge in [0.1, 0.15) is 12.1 Å². The van der Waals surface area contributed by atoms with Crippen LogP contribution in [0.2, 0.25) is 0 Å². The van der Waals surface area contributed by atoms with Crippen LogP contribution < -0.4 is 10.6 Å². The molecule has 2 aromatic rings. The summed E-state index contributed by atoms with van der Waals surface area (Å²) in [6.45, 7) is 5.16. The molecule has 1 aliphatic rings. The monoisotopic (exact) mass is 446 g/mol. The van der Waals surface area contributed by atoms with Crippen LogP contribution in [0.1, 0.15) is 44.1 Å². The molecule has 10 heteroatoms. The van der Waals surface area contributed by atoms with Crippen LogP contribution in [0, 0.1) is 5.41 Å². The summed E-state index contributed by atoms with van der Waals surface area (Å²) >= 11 is 0. The molecule has 4 N–H and O–H groups in total. The number of hydrogen-bond acceptors (Lipinski definition) is 7. The number of ether oxygens (including phenoxy) is 1. The maximum atomic E-state index is 13.2. The molecule has 0 spiro atoms. The van der Waals surface area contributed by atoms with Gasteiger partial charge in [0.2, 0.25) is 5.91 Å². The molecule has 3 atom stereocenters. The summed E-state index contributed by atoms with van der Waals surface area (Å²) in [4.78, 5) is 37.3. The zero-order chi connectivity index (χ0) is 23.5. The number of amides is 2. The molecule has 0 bridgehead atoms. The summed E-state index contributed by atoms with van der Waals surface area (Å²) in [5.74, 6) is -1.23. The van der Waals surface area contributed by atoms with Crippen molar-refractivity contribution in [2.45, 2.75) is 58.4 Å². The number of esters is 1. The number of aliphatic hydroxyl groups excluding tert-OH is 2. The summed E-state index contributed by atoms with van der Waals surface area (Å²) in [6.07, 6.45) is -0.419. The highest BCUT2D eigenvalue weighted by atomic mass is 16.5. The van der Waals surface area contributed by atoms with E-state index in [1.54, 1.807) is 16.8 Å². The SMILES string of the molecule is CC(C)(C)[C@H](NC(=O)c1nn(CC2CCC(=O)O2)c2ccccc12)C(=O)NCC(O)CO. The van der Waals surface area contributed by atoms with Gasteiger partial charge in [-0.2, -0.15) is 5.10 Å². The van der Waals surface area contributed by atoms with Crippen LogP contribution in [-0.4, -0.2) is 69.2 Å². The molecular weight excluding hydrogens is 416 g/mol. The number of cyclic esters (lactones) is 1. The third-order valence-electron chi connectivity index (χ3n) is 5.34. The molecule has 2 unspecified atom stereocenters. The molecule has 1 aromatic heterocycles. The number of rotatable bonds is 8. The summed E-state index contributed by atoms with van der Waals surface area (Å²) in [5, 5.41) is 28.9. The van der Waals surface area contributed by atoms with Crippen molar-refractivity contribution in [3.63, 3.8) is 0 Å². The number of carbonyl (C=O) groups excluding carboxylic acids is 3. The minimum absolute atomic E-state index is 0.130. The van der Waals surface area contributed by atoms with Crippen LogP contribution in [-0.2, 0) is 20.9 Å². The standard InChI is InChI=1S/C22H30N4O6/c1-22(2,3)19(21(31)23-10-13(28)12-27)24-20(30)18-15-6-4-5-7-16(15)26(25-18)11-14-8-9-17(29)32-14/h4-7,13-14,19,27-28H,8-12H2,1-3H3,(H,23,31)(H,24,30)/t13?,14?,19-/m1/s1. The Bertz CT molecular complexity index is 996. The molecule has 174 valence electrons. The Hall–Kier alpha value is -2.98. The number of aliphatic hydroxyl groups is 2. The van der Waals surface area contributed by atoms with Crippen molar-refractivity contribution in [1.29, 1.82) is 0 Å². The van der Waals surface area contributed by atoms with Crippen LogP contribution in [0.5, 0.6) is 0 Å². The van der Waals surface area contributed by atoms with E-state index in [0.717, 1.165) is 5.52 Å². The highest BCUT2D eigenvalue weighted by molar-refractivity contribution is 6.06. The van der Waals surface area contributed by atoms with E-state index >= 15 is 0 Å². The highest BCUT2D eigenvalue weighted by Crippen LogP contribution is 2.24. The van der Waals surface area contributed by atoms with Gasteiger partial charge >= 0.3 is 5.97 Å². The van der Waals surface area contributed by atoms with Crippen LogP contribution in [0.4, 0.5) is 0 Å². The number of para-hydroxylation sites is 1. The third kappa shape index (κ3) is 5.43. The molecule has 0 saturated carbocycles. The van der Waals surface area contributed by atoms with Gasteiger partial charge < -0.3 is 25.6 Å². The van der Waals surface area contributed by atoms with Crippen molar-refractivity contribution in [2.75, 3.05) is 13.2 Å². The Morgan fingerprint density at radius 1 is 1.31 bits per heavy atom. The highest BCUT2D eigenvalue weighted by Gasteiger charge is 2.34. The summed E-state index contributed by atoms with van der Waals surface area (Å²) in [5.41, 5.74) is 0.270. The number of fused-ring (bicyclic) bond motifs is 1. The lowest BCUT2D eigenvalue weighted by Crippen LogP contribution is -2.54. The fourth-order valence-corrected chi connectivity index (χ4v) is 3.60. The van der Waals surface area contributed by atoms with Gasteiger partial charge in [0.05, 0.1) is 24.8 Å². The van der Waals surface area contributed by atoms with Gasteiger partial charge in [-0.25, -0.2) is 0 Å². The summed E-state index contributed by atoms with van der Waals surface area (Å²) in [6, 6.07) is 6.34. The molecule has 0 radical (unpaired) electrons. The van der Waals surface area contributed by atoms with Crippen LogP contribution in [0.15, 0.2) is 24.3 Å². The van der Waals surface area contributed by atoms with E-state index in [4.69, 9.17) is 9.84 Å². The van der Waals surface area contributed by atoms with E-state index in [1.807, 2.05) is 32.9 Å². The quantitative estimate of drug-likeness (QED) is 0.429. The van der Waals surface area contributed by atoms with Crippen molar-refractivity contribution in [1.82, 2.24) is 20.4 Å². The molecule has 1 aliphatic heterocycles. The lowest BCUT2D eigenvalue weighted by molar-refractivity contribution is -0.141.